The summed E-state index contributed by atoms with van der Waals surface area (Å²) in [6.07, 6.45) is 4.19. The Labute approximate surface area is 117 Å². The average Bonchev–Trinajstić information content (AvgIpc) is 2.93. The molecule has 7 heteroatoms. The molecule has 6 nitrogen and oxygen atoms in total. The SMILES string of the molecule is CCCCS(=O)(=O)C12C=CC(C1)C(C(=O)O)C2C(=O)O. The van der Waals surface area contributed by atoms with Crippen molar-refractivity contribution in [2.24, 2.45) is 17.8 Å². The number of rotatable bonds is 6. The molecule has 0 aromatic rings. The first-order valence-electron chi connectivity index (χ1n) is 6.64. The van der Waals surface area contributed by atoms with Crippen LogP contribution in [0.3, 0.4) is 0 Å². The molecule has 4 atom stereocenters. The van der Waals surface area contributed by atoms with E-state index in [-0.39, 0.29) is 12.2 Å². The van der Waals surface area contributed by atoms with Gasteiger partial charge in [0.1, 0.15) is 4.75 Å². The van der Waals surface area contributed by atoms with Gasteiger partial charge in [0.05, 0.1) is 17.6 Å². The number of aliphatic carboxylic acids is 2. The first kappa shape index (κ1) is 15.0. The van der Waals surface area contributed by atoms with Crippen molar-refractivity contribution in [2.75, 3.05) is 5.75 Å². The number of unbranched alkanes of at least 4 members (excludes halogenated alkanes) is 1. The van der Waals surface area contributed by atoms with Gasteiger partial charge in [-0.15, -0.1) is 0 Å². The van der Waals surface area contributed by atoms with Crippen LogP contribution in [0.4, 0.5) is 0 Å². The van der Waals surface area contributed by atoms with Gasteiger partial charge >= 0.3 is 11.9 Å². The van der Waals surface area contributed by atoms with Crippen molar-refractivity contribution in [3.8, 4) is 0 Å². The smallest absolute Gasteiger partial charge is 0.309 e. The van der Waals surface area contributed by atoms with E-state index < -0.39 is 44.3 Å². The first-order chi connectivity index (χ1) is 9.27. The summed E-state index contributed by atoms with van der Waals surface area (Å²) >= 11 is 0. The molecule has 2 aliphatic rings. The lowest BCUT2D eigenvalue weighted by Crippen LogP contribution is -2.48. The first-order valence-corrected chi connectivity index (χ1v) is 8.29. The maximum Gasteiger partial charge on any atom is 0.309 e. The van der Waals surface area contributed by atoms with Gasteiger partial charge in [-0.2, -0.15) is 0 Å². The lowest BCUT2D eigenvalue weighted by Gasteiger charge is -2.31. The second-order valence-corrected chi connectivity index (χ2v) is 7.93. The van der Waals surface area contributed by atoms with E-state index in [2.05, 4.69) is 0 Å². The van der Waals surface area contributed by atoms with Crippen LogP contribution in [-0.4, -0.2) is 41.1 Å². The topological polar surface area (TPSA) is 109 Å². The number of carbonyl (C=O) groups is 2. The standard InChI is InChI=1S/C13H18O6S/c1-2-3-6-20(18,19)13-5-4-8(7-13)9(11(14)15)10(13)12(16)17/h4-5,8-10H,2-3,6-7H2,1H3,(H,14,15)(H,16,17). The van der Waals surface area contributed by atoms with Crippen molar-refractivity contribution >= 4 is 21.8 Å². The van der Waals surface area contributed by atoms with E-state index in [1.165, 1.54) is 6.08 Å². The van der Waals surface area contributed by atoms with Crippen LogP contribution in [0.25, 0.3) is 0 Å². The van der Waals surface area contributed by atoms with Crippen LogP contribution in [0.1, 0.15) is 26.2 Å². The summed E-state index contributed by atoms with van der Waals surface area (Å²) in [5.41, 5.74) is 0. The minimum atomic E-state index is -3.68. The van der Waals surface area contributed by atoms with Crippen molar-refractivity contribution in [1.29, 1.82) is 0 Å². The number of sulfone groups is 1. The van der Waals surface area contributed by atoms with Gasteiger partial charge in [0.2, 0.25) is 0 Å². The molecule has 2 aliphatic carbocycles. The second kappa shape index (κ2) is 4.87. The van der Waals surface area contributed by atoms with E-state index in [0.29, 0.717) is 12.8 Å². The predicted octanol–water partition coefficient (Wildman–Crippen LogP) is 0.931. The molecule has 0 heterocycles. The van der Waals surface area contributed by atoms with Crippen LogP contribution >= 0.6 is 0 Å². The van der Waals surface area contributed by atoms with Gasteiger partial charge in [-0.1, -0.05) is 25.5 Å². The van der Waals surface area contributed by atoms with E-state index in [0.717, 1.165) is 0 Å². The molecule has 1 fully saturated rings. The highest BCUT2D eigenvalue weighted by Gasteiger charge is 2.66. The van der Waals surface area contributed by atoms with E-state index in [4.69, 9.17) is 0 Å². The second-order valence-electron chi connectivity index (χ2n) is 5.53. The maximum atomic E-state index is 12.5. The van der Waals surface area contributed by atoms with E-state index in [1.807, 2.05) is 6.92 Å². The molecule has 0 aromatic heterocycles. The Morgan fingerprint density at radius 2 is 1.95 bits per heavy atom. The fourth-order valence-corrected chi connectivity index (χ4v) is 5.87. The van der Waals surface area contributed by atoms with Crippen LogP contribution in [0.2, 0.25) is 0 Å². The number of hydrogen-bond donors (Lipinski definition) is 2. The number of hydrogen-bond acceptors (Lipinski definition) is 4. The zero-order chi connectivity index (χ0) is 15.1. The Morgan fingerprint density at radius 3 is 2.45 bits per heavy atom. The highest BCUT2D eigenvalue weighted by Crippen LogP contribution is 2.55. The number of carboxylic acids is 2. The molecule has 1 saturated carbocycles. The molecular formula is C13H18O6S. The zero-order valence-electron chi connectivity index (χ0n) is 11.2. The number of allylic oxidation sites excluding steroid dienone is 1. The Hall–Kier alpha value is -1.37. The van der Waals surface area contributed by atoms with E-state index >= 15 is 0 Å². The van der Waals surface area contributed by atoms with Gasteiger partial charge in [0.25, 0.3) is 0 Å². The minimum absolute atomic E-state index is 0.0764. The molecule has 0 radical (unpaired) electrons. The molecule has 0 aromatic carbocycles. The highest BCUT2D eigenvalue weighted by molar-refractivity contribution is 7.93. The summed E-state index contributed by atoms with van der Waals surface area (Å²) in [6, 6.07) is 0. The quantitative estimate of drug-likeness (QED) is 0.707. The van der Waals surface area contributed by atoms with Gasteiger partial charge in [-0.3, -0.25) is 9.59 Å². The third-order valence-electron chi connectivity index (χ3n) is 4.42. The van der Waals surface area contributed by atoms with Crippen molar-refractivity contribution in [1.82, 2.24) is 0 Å². The molecule has 0 spiro atoms. The summed E-state index contributed by atoms with van der Waals surface area (Å²) < 4.78 is 23.6. The van der Waals surface area contributed by atoms with Crippen molar-refractivity contribution in [3.05, 3.63) is 12.2 Å². The van der Waals surface area contributed by atoms with Gasteiger partial charge < -0.3 is 10.2 Å². The number of fused-ring (bicyclic) bond motifs is 2. The van der Waals surface area contributed by atoms with Gasteiger partial charge in [-0.25, -0.2) is 8.42 Å². The highest BCUT2D eigenvalue weighted by atomic mass is 32.2. The monoisotopic (exact) mass is 302 g/mol. The molecule has 0 amide bonds. The van der Waals surface area contributed by atoms with Crippen LogP contribution in [0.15, 0.2) is 12.2 Å². The van der Waals surface area contributed by atoms with Crippen LogP contribution < -0.4 is 0 Å². The number of carboxylic acid groups (broad SMARTS) is 2. The molecule has 4 unspecified atom stereocenters. The molecule has 2 N–H and O–H groups in total. The Morgan fingerprint density at radius 1 is 1.30 bits per heavy atom. The lowest BCUT2D eigenvalue weighted by molar-refractivity contribution is -0.153. The summed E-state index contributed by atoms with van der Waals surface area (Å²) in [4.78, 5) is 22.8. The molecule has 112 valence electrons. The fourth-order valence-electron chi connectivity index (χ4n) is 3.46. The molecule has 20 heavy (non-hydrogen) atoms. The maximum absolute atomic E-state index is 12.5. The fraction of sp³-hybridized carbons (Fsp3) is 0.692. The Bertz CT molecular complexity index is 563. The van der Waals surface area contributed by atoms with E-state index in [9.17, 15) is 28.2 Å². The Balaban J connectivity index is 2.47. The minimum Gasteiger partial charge on any atom is -0.481 e. The molecular weight excluding hydrogens is 284 g/mol. The molecule has 0 saturated heterocycles. The Kier molecular flexibility index (Phi) is 3.66. The largest absolute Gasteiger partial charge is 0.481 e. The van der Waals surface area contributed by atoms with Crippen LogP contribution in [-0.2, 0) is 19.4 Å². The lowest BCUT2D eigenvalue weighted by atomic mass is 9.83. The van der Waals surface area contributed by atoms with Gasteiger partial charge in [0, 0.05) is 0 Å². The van der Waals surface area contributed by atoms with Gasteiger partial charge in [0.15, 0.2) is 9.84 Å². The normalized spacial score (nSPS) is 35.4. The van der Waals surface area contributed by atoms with Crippen molar-refractivity contribution in [3.63, 3.8) is 0 Å². The summed E-state index contributed by atoms with van der Waals surface area (Å²) in [6.45, 7) is 1.85. The predicted molar refractivity (Wildman–Crippen MR) is 70.9 cm³/mol. The molecule has 2 bridgehead atoms. The van der Waals surface area contributed by atoms with Crippen molar-refractivity contribution in [2.45, 2.75) is 30.9 Å². The van der Waals surface area contributed by atoms with Crippen LogP contribution in [0.5, 0.6) is 0 Å². The summed E-state index contributed by atoms with van der Waals surface area (Å²) in [5, 5.41) is 18.6. The average molecular weight is 302 g/mol. The molecule has 2 rings (SSSR count). The summed E-state index contributed by atoms with van der Waals surface area (Å²) in [5.74, 6) is -5.74. The van der Waals surface area contributed by atoms with Crippen LogP contribution in [0, 0.1) is 17.8 Å². The third-order valence-corrected chi connectivity index (χ3v) is 6.96. The van der Waals surface area contributed by atoms with E-state index in [1.54, 1.807) is 6.08 Å². The zero-order valence-corrected chi connectivity index (χ0v) is 12.0. The summed E-state index contributed by atoms with van der Waals surface area (Å²) in [7, 11) is -3.68. The van der Waals surface area contributed by atoms with Gasteiger partial charge in [-0.05, 0) is 18.8 Å². The third kappa shape index (κ3) is 1.95. The molecule has 0 aliphatic heterocycles. The van der Waals surface area contributed by atoms with Crippen molar-refractivity contribution < 1.29 is 28.2 Å².